The predicted molar refractivity (Wildman–Crippen MR) is 134 cm³/mol. The van der Waals surface area contributed by atoms with Crippen molar-refractivity contribution in [3.8, 4) is 0 Å². The van der Waals surface area contributed by atoms with Crippen molar-refractivity contribution in [3.63, 3.8) is 0 Å². The number of rotatable bonds is 2. The molecule has 3 aliphatic rings. The summed E-state index contributed by atoms with van der Waals surface area (Å²) >= 11 is 0. The van der Waals surface area contributed by atoms with Gasteiger partial charge in [0.2, 0.25) is 0 Å². The van der Waals surface area contributed by atoms with Crippen LogP contribution in [0.3, 0.4) is 0 Å². The van der Waals surface area contributed by atoms with E-state index in [4.69, 9.17) is 0 Å². The molecule has 0 aromatic carbocycles. The van der Waals surface area contributed by atoms with Gasteiger partial charge in [0.1, 0.15) is 0 Å². The fourth-order valence-corrected chi connectivity index (χ4v) is 7.97. The lowest BCUT2D eigenvalue weighted by atomic mass is 9.55. The van der Waals surface area contributed by atoms with Crippen LogP contribution in [0.4, 0.5) is 0 Å². The third-order valence-electron chi connectivity index (χ3n) is 10.4. The minimum atomic E-state index is 0.496. The average Bonchev–Trinajstić information content (AvgIpc) is 2.66. The third-order valence-corrected chi connectivity index (χ3v) is 10.4. The quantitative estimate of drug-likeness (QED) is 0.420. The first-order valence-electron chi connectivity index (χ1n) is 13.8. The zero-order valence-electron chi connectivity index (χ0n) is 22.3. The molecule has 0 N–H and O–H groups in total. The Kier molecular flexibility index (Phi) is 7.47. The molecule has 0 saturated heterocycles. The number of hydrogen-bond donors (Lipinski definition) is 0. The molecule has 0 amide bonds. The molecule has 30 heavy (non-hydrogen) atoms. The lowest BCUT2D eigenvalue weighted by molar-refractivity contribution is -0.00542. The van der Waals surface area contributed by atoms with Gasteiger partial charge in [-0.05, 0) is 128 Å². The maximum Gasteiger partial charge on any atom is -0.0352 e. The van der Waals surface area contributed by atoms with Gasteiger partial charge in [0, 0.05) is 0 Å². The van der Waals surface area contributed by atoms with Crippen molar-refractivity contribution < 1.29 is 0 Å². The summed E-state index contributed by atoms with van der Waals surface area (Å²) in [6.07, 6.45) is 16.7. The van der Waals surface area contributed by atoms with E-state index in [0.29, 0.717) is 16.2 Å². The van der Waals surface area contributed by atoms with Gasteiger partial charge in [0.15, 0.2) is 0 Å². The predicted octanol–water partition coefficient (Wildman–Crippen LogP) is 9.77. The van der Waals surface area contributed by atoms with Crippen molar-refractivity contribution in [1.29, 1.82) is 0 Å². The standard InChI is InChI=1S/C30H56/c1-28(2,3)23-14-10-21(11-15-23)26-19-18-25(30(7,8)9)20-27(26)22-12-16-24(17-13-22)29(4,5)6/h21-27H,10-20H2,1-9H3. The molecule has 3 atom stereocenters. The van der Waals surface area contributed by atoms with Crippen LogP contribution in [0.25, 0.3) is 0 Å². The van der Waals surface area contributed by atoms with Crippen LogP contribution in [0.5, 0.6) is 0 Å². The second-order valence-corrected chi connectivity index (χ2v) is 15.2. The van der Waals surface area contributed by atoms with Gasteiger partial charge < -0.3 is 0 Å². The molecule has 3 unspecified atom stereocenters. The Morgan fingerprint density at radius 3 is 1.07 bits per heavy atom. The summed E-state index contributed by atoms with van der Waals surface area (Å²) < 4.78 is 0. The van der Waals surface area contributed by atoms with Crippen LogP contribution >= 0.6 is 0 Å². The van der Waals surface area contributed by atoms with E-state index >= 15 is 0 Å². The van der Waals surface area contributed by atoms with Crippen LogP contribution in [0, 0.1) is 57.7 Å². The Bertz CT molecular complexity index is 520. The van der Waals surface area contributed by atoms with Gasteiger partial charge in [0.25, 0.3) is 0 Å². The van der Waals surface area contributed by atoms with Crippen LogP contribution in [0.15, 0.2) is 0 Å². The molecule has 0 radical (unpaired) electrons. The van der Waals surface area contributed by atoms with Gasteiger partial charge in [-0.3, -0.25) is 0 Å². The molecule has 3 aliphatic carbocycles. The fourth-order valence-electron chi connectivity index (χ4n) is 7.97. The first-order chi connectivity index (χ1) is 13.8. The molecule has 0 bridgehead atoms. The SMILES string of the molecule is CC(C)(C)C1CCC(C2CCC(C(C)(C)C)CC2C2CCC(C(C)(C)C)CC2)CC1. The Hall–Kier alpha value is 0. The van der Waals surface area contributed by atoms with Crippen molar-refractivity contribution in [1.82, 2.24) is 0 Å². The van der Waals surface area contributed by atoms with Crippen LogP contribution in [-0.4, -0.2) is 0 Å². The molecule has 0 aromatic heterocycles. The third kappa shape index (κ3) is 5.86. The Morgan fingerprint density at radius 2 is 0.700 bits per heavy atom. The average molecular weight is 417 g/mol. The molecule has 0 heteroatoms. The molecule has 0 spiro atoms. The minimum Gasteiger partial charge on any atom is -0.0599 e. The first kappa shape index (κ1) is 24.6. The van der Waals surface area contributed by atoms with Gasteiger partial charge in [-0.2, -0.15) is 0 Å². The van der Waals surface area contributed by atoms with E-state index in [2.05, 4.69) is 62.3 Å². The molecule has 0 aliphatic heterocycles. The highest BCUT2D eigenvalue weighted by molar-refractivity contribution is 4.95. The lowest BCUT2D eigenvalue weighted by Crippen LogP contribution is -2.41. The molecule has 0 nitrogen and oxygen atoms in total. The van der Waals surface area contributed by atoms with Crippen LogP contribution in [0.1, 0.15) is 133 Å². The summed E-state index contributed by atoms with van der Waals surface area (Å²) in [4.78, 5) is 0. The van der Waals surface area contributed by atoms with E-state index in [-0.39, 0.29) is 0 Å². The van der Waals surface area contributed by atoms with Crippen molar-refractivity contribution in [2.75, 3.05) is 0 Å². The monoisotopic (exact) mass is 416 g/mol. The van der Waals surface area contributed by atoms with E-state index in [1.165, 1.54) is 70.6 Å². The highest BCUT2D eigenvalue weighted by Crippen LogP contribution is 2.54. The van der Waals surface area contributed by atoms with Gasteiger partial charge in [-0.15, -0.1) is 0 Å². The largest absolute Gasteiger partial charge is 0.0599 e. The van der Waals surface area contributed by atoms with Crippen LogP contribution in [-0.2, 0) is 0 Å². The normalized spacial score (nSPS) is 39.7. The molecule has 3 saturated carbocycles. The Balaban J connectivity index is 1.69. The zero-order valence-corrected chi connectivity index (χ0v) is 22.3. The van der Waals surface area contributed by atoms with Crippen LogP contribution < -0.4 is 0 Å². The highest BCUT2D eigenvalue weighted by Gasteiger charge is 2.44. The molecule has 3 fully saturated rings. The number of hydrogen-bond acceptors (Lipinski definition) is 0. The second kappa shape index (κ2) is 9.09. The summed E-state index contributed by atoms with van der Waals surface area (Å²) in [6, 6.07) is 0. The Labute approximate surface area is 190 Å². The lowest BCUT2D eigenvalue weighted by Gasteiger charge is -2.51. The second-order valence-electron chi connectivity index (χ2n) is 15.2. The molecular weight excluding hydrogens is 360 g/mol. The van der Waals surface area contributed by atoms with E-state index in [1.807, 2.05) is 0 Å². The van der Waals surface area contributed by atoms with Crippen molar-refractivity contribution in [2.45, 2.75) is 133 Å². The van der Waals surface area contributed by atoms with Crippen molar-refractivity contribution >= 4 is 0 Å². The first-order valence-corrected chi connectivity index (χ1v) is 13.8. The fraction of sp³-hybridized carbons (Fsp3) is 1.00. The van der Waals surface area contributed by atoms with Gasteiger partial charge >= 0.3 is 0 Å². The summed E-state index contributed by atoms with van der Waals surface area (Å²) in [5.74, 6) is 7.00. The maximum atomic E-state index is 2.51. The van der Waals surface area contributed by atoms with E-state index in [1.54, 1.807) is 0 Å². The van der Waals surface area contributed by atoms with Gasteiger partial charge in [0.05, 0.1) is 0 Å². The van der Waals surface area contributed by atoms with Crippen molar-refractivity contribution in [3.05, 3.63) is 0 Å². The summed E-state index contributed by atoms with van der Waals surface area (Å²) in [7, 11) is 0. The van der Waals surface area contributed by atoms with Gasteiger partial charge in [-0.1, -0.05) is 62.3 Å². The smallest absolute Gasteiger partial charge is 0.0352 e. The summed E-state index contributed by atoms with van der Waals surface area (Å²) in [5, 5.41) is 0. The molecular formula is C30H56. The highest BCUT2D eigenvalue weighted by atomic mass is 14.5. The molecule has 3 rings (SSSR count). The van der Waals surface area contributed by atoms with Crippen molar-refractivity contribution in [2.24, 2.45) is 57.7 Å². The minimum absolute atomic E-state index is 0.496. The summed E-state index contributed by atoms with van der Waals surface area (Å²) in [6.45, 7) is 22.4. The summed E-state index contributed by atoms with van der Waals surface area (Å²) in [5.41, 5.74) is 1.52. The Morgan fingerprint density at radius 1 is 0.367 bits per heavy atom. The molecule has 0 aromatic rings. The van der Waals surface area contributed by atoms with E-state index in [9.17, 15) is 0 Å². The topological polar surface area (TPSA) is 0 Å². The molecule has 0 heterocycles. The van der Waals surface area contributed by atoms with E-state index < -0.39 is 0 Å². The van der Waals surface area contributed by atoms with E-state index in [0.717, 1.165) is 41.4 Å². The van der Waals surface area contributed by atoms with Gasteiger partial charge in [-0.25, -0.2) is 0 Å². The maximum absolute atomic E-state index is 2.51. The van der Waals surface area contributed by atoms with Crippen LogP contribution in [0.2, 0.25) is 0 Å². The zero-order chi connectivity index (χ0) is 22.3. The molecule has 176 valence electrons.